The maximum absolute atomic E-state index is 14.1. The summed E-state index contributed by atoms with van der Waals surface area (Å²) in [5, 5.41) is 13.1. The number of anilines is 3. The Morgan fingerprint density at radius 3 is 2.52 bits per heavy atom. The van der Waals surface area contributed by atoms with Gasteiger partial charge in [-0.05, 0) is 43.5 Å². The number of hydrogen-bond donors (Lipinski definition) is 3. The van der Waals surface area contributed by atoms with E-state index >= 15 is 0 Å². The minimum atomic E-state index is -0.957. The zero-order chi connectivity index (χ0) is 21.8. The van der Waals surface area contributed by atoms with Crippen LogP contribution >= 0.6 is 0 Å². The van der Waals surface area contributed by atoms with E-state index in [0.717, 1.165) is 30.7 Å². The number of hydrogen-bond acceptors (Lipinski definition) is 5. The Bertz CT molecular complexity index is 1080. The van der Waals surface area contributed by atoms with Crippen molar-refractivity contribution in [1.29, 1.82) is 0 Å². The molecule has 0 radical (unpaired) electrons. The lowest BCUT2D eigenvalue weighted by Gasteiger charge is -2.27. The van der Waals surface area contributed by atoms with E-state index in [2.05, 4.69) is 43.9 Å². The normalized spacial score (nSPS) is 13.7. The Kier molecular flexibility index (Phi) is 5.97. The zero-order valence-corrected chi connectivity index (χ0v) is 17.1. The molecule has 4 rings (SSSR count). The predicted octanol–water partition coefficient (Wildman–Crippen LogP) is 5.24. The van der Waals surface area contributed by atoms with Crippen LogP contribution in [0.5, 0.6) is 0 Å². The average molecular weight is 422 g/mol. The van der Waals surface area contributed by atoms with Gasteiger partial charge in [0.05, 0.1) is 29.5 Å². The van der Waals surface area contributed by atoms with Crippen molar-refractivity contribution in [1.82, 2.24) is 15.2 Å². The highest BCUT2D eigenvalue weighted by molar-refractivity contribution is 5.84. The van der Waals surface area contributed by atoms with Crippen molar-refractivity contribution in [2.24, 2.45) is 0 Å². The van der Waals surface area contributed by atoms with Crippen LogP contribution in [-0.2, 0) is 0 Å². The first-order chi connectivity index (χ1) is 15.0. The lowest BCUT2D eigenvalue weighted by Crippen LogP contribution is -2.30. The summed E-state index contributed by atoms with van der Waals surface area (Å²) in [6.45, 7) is 9.94. The van der Waals surface area contributed by atoms with Gasteiger partial charge in [0.25, 0.3) is 0 Å². The van der Waals surface area contributed by atoms with E-state index in [4.69, 9.17) is 0 Å². The first-order valence-electron chi connectivity index (χ1n) is 10.1. The summed E-state index contributed by atoms with van der Waals surface area (Å²) in [7, 11) is 0. The van der Waals surface area contributed by atoms with Crippen molar-refractivity contribution >= 4 is 28.6 Å². The van der Waals surface area contributed by atoms with Crippen molar-refractivity contribution in [2.45, 2.75) is 19.3 Å². The quantitative estimate of drug-likeness (QED) is 0.486. The third-order valence-electron chi connectivity index (χ3n) is 5.23. The van der Waals surface area contributed by atoms with Gasteiger partial charge >= 0.3 is 0 Å². The minimum Gasteiger partial charge on any atom is -0.357 e. The highest BCUT2D eigenvalue weighted by Gasteiger charge is 2.15. The summed E-state index contributed by atoms with van der Waals surface area (Å²) in [5.41, 5.74) is 2.67. The molecule has 3 heterocycles. The van der Waals surface area contributed by atoms with E-state index in [9.17, 15) is 8.78 Å². The monoisotopic (exact) mass is 422 g/mol. The number of rotatable bonds is 7. The lowest BCUT2D eigenvalue weighted by atomic mass is 10.1. The molecule has 3 aromatic rings. The molecule has 1 fully saturated rings. The lowest BCUT2D eigenvalue weighted by molar-refractivity contribution is 0.506. The van der Waals surface area contributed by atoms with Crippen molar-refractivity contribution in [3.8, 4) is 0 Å². The summed E-state index contributed by atoms with van der Waals surface area (Å²) in [5.74, 6) is -0.922. The number of nitrogens with one attached hydrogen (secondary N) is 3. The SMILES string of the molecule is C=C(Nc1cn[nH]c1C(=C)Nc1ccc(N2CCCCC2)nc1)c1cccc(F)c1F. The average Bonchev–Trinajstić information content (AvgIpc) is 3.25. The first-order valence-corrected chi connectivity index (χ1v) is 10.1. The molecule has 6 nitrogen and oxygen atoms in total. The molecule has 1 aromatic carbocycles. The summed E-state index contributed by atoms with van der Waals surface area (Å²) < 4.78 is 27.6. The van der Waals surface area contributed by atoms with Crippen LogP contribution in [0.4, 0.5) is 26.0 Å². The van der Waals surface area contributed by atoms with Crippen LogP contribution in [0, 0.1) is 11.6 Å². The Hall–Kier alpha value is -3.68. The number of benzene rings is 1. The summed E-state index contributed by atoms with van der Waals surface area (Å²) >= 11 is 0. The van der Waals surface area contributed by atoms with E-state index in [1.54, 1.807) is 6.20 Å². The van der Waals surface area contributed by atoms with Crippen LogP contribution < -0.4 is 15.5 Å². The maximum Gasteiger partial charge on any atom is 0.168 e. The third kappa shape index (κ3) is 4.58. The topological polar surface area (TPSA) is 68.9 Å². The Labute approximate surface area is 179 Å². The largest absolute Gasteiger partial charge is 0.357 e. The van der Waals surface area contributed by atoms with Crippen molar-refractivity contribution in [3.63, 3.8) is 0 Å². The van der Waals surface area contributed by atoms with Crippen LogP contribution in [0.15, 0.2) is 55.9 Å². The summed E-state index contributed by atoms with van der Waals surface area (Å²) in [4.78, 5) is 6.84. The van der Waals surface area contributed by atoms with Gasteiger partial charge in [0, 0.05) is 24.4 Å². The molecule has 0 amide bonds. The Balaban J connectivity index is 1.44. The molecule has 0 unspecified atom stereocenters. The van der Waals surface area contributed by atoms with Gasteiger partial charge in [0.15, 0.2) is 11.6 Å². The van der Waals surface area contributed by atoms with Crippen LogP contribution in [-0.4, -0.2) is 28.3 Å². The molecule has 8 heteroatoms. The highest BCUT2D eigenvalue weighted by atomic mass is 19.2. The van der Waals surface area contributed by atoms with Gasteiger partial charge < -0.3 is 15.5 Å². The predicted molar refractivity (Wildman–Crippen MR) is 121 cm³/mol. The van der Waals surface area contributed by atoms with Crippen LogP contribution in [0.1, 0.15) is 30.5 Å². The van der Waals surface area contributed by atoms with Crippen molar-refractivity contribution < 1.29 is 8.78 Å². The van der Waals surface area contributed by atoms with Crippen LogP contribution in [0.3, 0.4) is 0 Å². The number of aromatic amines is 1. The molecule has 31 heavy (non-hydrogen) atoms. The van der Waals surface area contributed by atoms with E-state index in [1.807, 2.05) is 12.1 Å². The molecule has 1 aliphatic heterocycles. The molecular formula is C23H24F2N6. The standard InChI is InChI=1S/C23H24F2N6/c1-15(18-7-6-8-19(24)22(18)25)29-20-14-27-30-23(20)16(2)28-17-9-10-21(26-13-17)31-11-4-3-5-12-31/h6-10,13-14,28-29H,1-5,11-12H2,(H,27,30). The fourth-order valence-corrected chi connectivity index (χ4v) is 3.58. The van der Waals surface area contributed by atoms with Gasteiger partial charge in [-0.1, -0.05) is 19.2 Å². The number of pyridine rings is 1. The van der Waals surface area contributed by atoms with E-state index in [1.165, 1.54) is 37.6 Å². The fourth-order valence-electron chi connectivity index (χ4n) is 3.58. The van der Waals surface area contributed by atoms with Crippen LogP contribution in [0.25, 0.3) is 11.4 Å². The molecule has 3 N–H and O–H groups in total. The highest BCUT2D eigenvalue weighted by Crippen LogP contribution is 2.27. The Morgan fingerprint density at radius 1 is 0.968 bits per heavy atom. The number of piperidine rings is 1. The number of halogens is 2. The molecule has 0 aliphatic carbocycles. The molecular weight excluding hydrogens is 398 g/mol. The van der Waals surface area contributed by atoms with E-state index in [-0.39, 0.29) is 11.3 Å². The number of H-pyrrole nitrogens is 1. The second-order valence-corrected chi connectivity index (χ2v) is 7.42. The molecule has 0 atom stereocenters. The van der Waals surface area contributed by atoms with Gasteiger partial charge in [-0.25, -0.2) is 13.8 Å². The molecule has 2 aromatic heterocycles. The van der Waals surface area contributed by atoms with Gasteiger partial charge in [0.2, 0.25) is 0 Å². The second-order valence-electron chi connectivity index (χ2n) is 7.42. The molecule has 0 spiro atoms. The minimum absolute atomic E-state index is 0.0447. The van der Waals surface area contributed by atoms with E-state index in [0.29, 0.717) is 17.1 Å². The summed E-state index contributed by atoms with van der Waals surface area (Å²) in [6, 6.07) is 7.88. The molecule has 0 bridgehead atoms. The Morgan fingerprint density at radius 2 is 1.77 bits per heavy atom. The number of aromatic nitrogens is 3. The van der Waals surface area contributed by atoms with Crippen LogP contribution in [0.2, 0.25) is 0 Å². The van der Waals surface area contributed by atoms with Crippen molar-refractivity contribution in [2.75, 3.05) is 28.6 Å². The van der Waals surface area contributed by atoms with Gasteiger partial charge in [-0.15, -0.1) is 0 Å². The van der Waals surface area contributed by atoms with E-state index < -0.39 is 11.6 Å². The van der Waals surface area contributed by atoms with Gasteiger partial charge in [0.1, 0.15) is 11.5 Å². The third-order valence-corrected chi connectivity index (χ3v) is 5.23. The fraction of sp³-hybridized carbons (Fsp3) is 0.217. The molecule has 1 aliphatic rings. The zero-order valence-electron chi connectivity index (χ0n) is 17.1. The van der Waals surface area contributed by atoms with Gasteiger partial charge in [-0.3, -0.25) is 5.10 Å². The second kappa shape index (κ2) is 8.99. The van der Waals surface area contributed by atoms with Gasteiger partial charge in [-0.2, -0.15) is 5.10 Å². The maximum atomic E-state index is 14.1. The molecule has 160 valence electrons. The smallest absolute Gasteiger partial charge is 0.168 e. The molecule has 1 saturated heterocycles. The summed E-state index contributed by atoms with van der Waals surface area (Å²) in [6.07, 6.45) is 6.95. The van der Waals surface area contributed by atoms with Crippen molar-refractivity contribution in [3.05, 3.63) is 78.8 Å². The first kappa shape index (κ1) is 20.6. The number of nitrogens with zero attached hydrogens (tertiary/aromatic N) is 3. The molecule has 0 saturated carbocycles.